The van der Waals surface area contributed by atoms with Gasteiger partial charge < -0.3 is 13.7 Å². The van der Waals surface area contributed by atoms with Gasteiger partial charge in [-0.1, -0.05) is 115 Å². The van der Waals surface area contributed by atoms with E-state index in [0.29, 0.717) is 0 Å². The summed E-state index contributed by atoms with van der Waals surface area (Å²) in [5.41, 5.74) is 15.2. The summed E-state index contributed by atoms with van der Waals surface area (Å²) in [6.45, 7) is 0. The zero-order chi connectivity index (χ0) is 37.5. The number of aromatic nitrogens is 4. The molecule has 12 aromatic rings. The van der Waals surface area contributed by atoms with Gasteiger partial charge in [0.2, 0.25) is 0 Å². The van der Waals surface area contributed by atoms with E-state index in [-0.39, 0.29) is 0 Å². The van der Waals surface area contributed by atoms with E-state index in [9.17, 15) is 0 Å². The Morgan fingerprint density at radius 3 is 1.37 bits per heavy atom. The van der Waals surface area contributed by atoms with Gasteiger partial charge in [0, 0.05) is 61.8 Å². The molecular formula is C53H34N4. The molecule has 4 heteroatoms. The zero-order valence-electron chi connectivity index (χ0n) is 30.9. The van der Waals surface area contributed by atoms with Crippen LogP contribution < -0.4 is 0 Å². The standard InChI is InChI=1S/C53H34N4/c1-4-14-35(15-5-1)37-30-38(36-16-6-2-7-17-36)32-41(31-37)57-47-23-13-11-21-43(47)53-51(57)27-26-50-52(53)42-20-10-12-22-46(42)56(50)40-24-25-48-44(33-40)45-34-54-29-28-49(45)55(48)39-18-8-3-9-19-39/h1-34H. The van der Waals surface area contributed by atoms with Crippen molar-refractivity contribution in [2.45, 2.75) is 0 Å². The van der Waals surface area contributed by atoms with Gasteiger partial charge in [0.05, 0.1) is 33.1 Å². The average Bonchev–Trinajstić information content (AvgIpc) is 3.92. The Labute approximate surface area is 328 Å². The second kappa shape index (κ2) is 12.4. The van der Waals surface area contributed by atoms with Crippen LogP contribution in [0.5, 0.6) is 0 Å². The Bertz CT molecular complexity index is 3440. The normalized spacial score (nSPS) is 11.9. The summed E-state index contributed by atoms with van der Waals surface area (Å²) < 4.78 is 7.25. The van der Waals surface area contributed by atoms with Crippen LogP contribution in [0.1, 0.15) is 0 Å². The minimum absolute atomic E-state index is 1.12. The Morgan fingerprint density at radius 2 is 0.754 bits per heavy atom. The number of para-hydroxylation sites is 3. The Morgan fingerprint density at radius 1 is 0.281 bits per heavy atom. The van der Waals surface area contributed by atoms with Gasteiger partial charge in [0.1, 0.15) is 0 Å². The summed E-state index contributed by atoms with van der Waals surface area (Å²) in [6, 6.07) is 70.5. The highest BCUT2D eigenvalue weighted by atomic mass is 15.0. The van der Waals surface area contributed by atoms with Gasteiger partial charge in [-0.2, -0.15) is 0 Å². The fourth-order valence-corrected chi connectivity index (χ4v) is 9.26. The highest BCUT2D eigenvalue weighted by Gasteiger charge is 2.22. The molecule has 0 bridgehead atoms. The van der Waals surface area contributed by atoms with E-state index < -0.39 is 0 Å². The Balaban J connectivity index is 1.14. The topological polar surface area (TPSA) is 27.7 Å². The summed E-state index contributed by atoms with van der Waals surface area (Å²) in [4.78, 5) is 4.58. The summed E-state index contributed by atoms with van der Waals surface area (Å²) in [5, 5.41) is 7.30. The first-order valence-corrected chi connectivity index (χ1v) is 19.5. The first-order chi connectivity index (χ1) is 28.3. The van der Waals surface area contributed by atoms with Crippen LogP contribution in [-0.4, -0.2) is 18.7 Å². The van der Waals surface area contributed by atoms with Crippen molar-refractivity contribution in [2.75, 3.05) is 0 Å². The van der Waals surface area contributed by atoms with Crippen molar-refractivity contribution >= 4 is 65.4 Å². The monoisotopic (exact) mass is 726 g/mol. The highest BCUT2D eigenvalue weighted by molar-refractivity contribution is 6.29. The van der Waals surface area contributed by atoms with E-state index in [1.807, 2.05) is 12.4 Å². The van der Waals surface area contributed by atoms with Crippen LogP contribution in [0, 0.1) is 0 Å². The molecular weight excluding hydrogens is 693 g/mol. The Kier molecular flexibility index (Phi) is 6.89. The van der Waals surface area contributed by atoms with Gasteiger partial charge in [-0.15, -0.1) is 0 Å². The Hall–Kier alpha value is -7.69. The predicted molar refractivity (Wildman–Crippen MR) is 238 cm³/mol. The van der Waals surface area contributed by atoms with Crippen molar-refractivity contribution < 1.29 is 0 Å². The van der Waals surface area contributed by atoms with Crippen LogP contribution >= 0.6 is 0 Å². The summed E-state index contributed by atoms with van der Waals surface area (Å²) >= 11 is 0. The fraction of sp³-hybridized carbons (Fsp3) is 0. The molecule has 0 radical (unpaired) electrons. The summed E-state index contributed by atoms with van der Waals surface area (Å²) in [6.07, 6.45) is 3.89. The molecule has 0 atom stereocenters. The van der Waals surface area contributed by atoms with E-state index in [1.165, 1.54) is 71.3 Å². The number of benzene rings is 8. The van der Waals surface area contributed by atoms with Gasteiger partial charge in [-0.05, 0) is 101 Å². The molecule has 4 heterocycles. The molecule has 0 aliphatic heterocycles. The number of hydrogen-bond acceptors (Lipinski definition) is 1. The number of nitrogens with zero attached hydrogens (tertiary/aromatic N) is 4. The average molecular weight is 727 g/mol. The molecule has 0 fully saturated rings. The molecule has 0 amide bonds. The van der Waals surface area contributed by atoms with Gasteiger partial charge in [0.15, 0.2) is 0 Å². The summed E-state index contributed by atoms with van der Waals surface area (Å²) in [5.74, 6) is 0. The second-order valence-electron chi connectivity index (χ2n) is 14.8. The minimum atomic E-state index is 1.12. The molecule has 4 nitrogen and oxygen atoms in total. The van der Waals surface area contributed by atoms with Crippen LogP contribution in [0.2, 0.25) is 0 Å². The lowest BCUT2D eigenvalue weighted by Crippen LogP contribution is -1.97. The molecule has 0 aliphatic rings. The molecule has 4 aromatic heterocycles. The lowest BCUT2D eigenvalue weighted by atomic mass is 9.98. The summed E-state index contributed by atoms with van der Waals surface area (Å²) in [7, 11) is 0. The van der Waals surface area contributed by atoms with Crippen LogP contribution in [0.15, 0.2) is 207 Å². The molecule has 0 saturated heterocycles. The molecule has 57 heavy (non-hydrogen) atoms. The minimum Gasteiger partial charge on any atom is -0.309 e. The van der Waals surface area contributed by atoms with Crippen molar-refractivity contribution in [1.82, 2.24) is 18.7 Å². The van der Waals surface area contributed by atoms with Crippen molar-refractivity contribution in [3.63, 3.8) is 0 Å². The first-order valence-electron chi connectivity index (χ1n) is 19.5. The van der Waals surface area contributed by atoms with E-state index in [0.717, 1.165) is 33.5 Å². The lowest BCUT2D eigenvalue weighted by molar-refractivity contribution is 1.16. The highest BCUT2D eigenvalue weighted by Crippen LogP contribution is 2.44. The van der Waals surface area contributed by atoms with Crippen molar-refractivity contribution in [2.24, 2.45) is 0 Å². The maximum absolute atomic E-state index is 4.58. The smallest absolute Gasteiger partial charge is 0.0571 e. The number of hydrogen-bond donors (Lipinski definition) is 0. The van der Waals surface area contributed by atoms with Crippen LogP contribution in [0.3, 0.4) is 0 Å². The van der Waals surface area contributed by atoms with Crippen LogP contribution in [-0.2, 0) is 0 Å². The van der Waals surface area contributed by atoms with Crippen molar-refractivity contribution in [1.29, 1.82) is 0 Å². The maximum atomic E-state index is 4.58. The third-order valence-electron chi connectivity index (χ3n) is 11.7. The van der Waals surface area contributed by atoms with E-state index in [1.54, 1.807) is 0 Å². The van der Waals surface area contributed by atoms with Gasteiger partial charge in [0.25, 0.3) is 0 Å². The molecule has 0 saturated carbocycles. The van der Waals surface area contributed by atoms with Crippen LogP contribution in [0.25, 0.3) is 105 Å². The molecule has 0 spiro atoms. The predicted octanol–water partition coefficient (Wildman–Crippen LogP) is 13.7. The third-order valence-corrected chi connectivity index (χ3v) is 11.7. The fourth-order valence-electron chi connectivity index (χ4n) is 9.26. The van der Waals surface area contributed by atoms with Gasteiger partial charge in [-0.3, -0.25) is 4.98 Å². The second-order valence-corrected chi connectivity index (χ2v) is 14.8. The molecule has 266 valence electrons. The first kappa shape index (κ1) is 31.6. The van der Waals surface area contributed by atoms with Gasteiger partial charge >= 0.3 is 0 Å². The SMILES string of the molecule is c1ccc(-c2cc(-c3ccccc3)cc(-n3c4ccccc4c4c5c6ccccc6n(-c6ccc7c(c6)c6cnccc6n7-c6ccccc6)c5ccc43)c2)cc1. The maximum Gasteiger partial charge on any atom is 0.0571 e. The van der Waals surface area contributed by atoms with E-state index in [2.05, 4.69) is 213 Å². The van der Waals surface area contributed by atoms with Gasteiger partial charge in [-0.25, -0.2) is 0 Å². The van der Waals surface area contributed by atoms with E-state index >= 15 is 0 Å². The van der Waals surface area contributed by atoms with Crippen molar-refractivity contribution in [3.8, 4) is 39.3 Å². The molecule has 0 aliphatic carbocycles. The largest absolute Gasteiger partial charge is 0.309 e. The molecule has 8 aromatic carbocycles. The number of rotatable bonds is 5. The number of fused-ring (bicyclic) bond motifs is 10. The van der Waals surface area contributed by atoms with E-state index in [4.69, 9.17) is 0 Å². The lowest BCUT2D eigenvalue weighted by Gasteiger charge is -2.14. The zero-order valence-corrected chi connectivity index (χ0v) is 30.9. The van der Waals surface area contributed by atoms with Crippen molar-refractivity contribution in [3.05, 3.63) is 207 Å². The third kappa shape index (κ3) is 4.77. The molecule has 12 rings (SSSR count). The molecule has 0 unspecified atom stereocenters. The number of pyridine rings is 1. The quantitative estimate of drug-likeness (QED) is 0.174. The van der Waals surface area contributed by atoms with Crippen LogP contribution in [0.4, 0.5) is 0 Å². The molecule has 0 N–H and O–H groups in total.